The second kappa shape index (κ2) is 8.45. The van der Waals surface area contributed by atoms with Crippen molar-refractivity contribution in [2.45, 2.75) is 6.54 Å². The fourth-order valence-electron chi connectivity index (χ4n) is 2.31. The summed E-state index contributed by atoms with van der Waals surface area (Å²) in [5.41, 5.74) is 0.646. The zero-order valence-electron chi connectivity index (χ0n) is 13.9. The fraction of sp³-hybridized carbons (Fsp3) is 0.312. The van der Waals surface area contributed by atoms with E-state index < -0.39 is 0 Å². The molecule has 0 fully saturated rings. The summed E-state index contributed by atoms with van der Waals surface area (Å²) in [6.07, 6.45) is 0. The molecular weight excluding hydrogens is 346 g/mol. The smallest absolute Gasteiger partial charge is 0.252 e. The van der Waals surface area contributed by atoms with E-state index in [1.165, 1.54) is 24.9 Å². The van der Waals surface area contributed by atoms with Gasteiger partial charge in [-0.2, -0.15) is 0 Å². The van der Waals surface area contributed by atoms with E-state index in [9.17, 15) is 9.59 Å². The van der Waals surface area contributed by atoms with Crippen LogP contribution in [0.4, 0.5) is 0 Å². The van der Waals surface area contributed by atoms with Gasteiger partial charge in [0.25, 0.3) is 5.56 Å². The molecule has 0 unspecified atom stereocenters. The average molecular weight is 365 g/mol. The number of nitrogens with zero attached hydrogens (tertiary/aromatic N) is 1. The van der Waals surface area contributed by atoms with Gasteiger partial charge in [0, 0.05) is 24.2 Å². The number of benzene rings is 1. The van der Waals surface area contributed by atoms with E-state index in [0.717, 1.165) is 0 Å². The topological polar surface area (TPSA) is 106 Å². The van der Waals surface area contributed by atoms with Crippen LogP contribution in [0.15, 0.2) is 29.1 Å². The quantitative estimate of drug-likeness (QED) is 0.624. The molecule has 0 bridgehead atoms. The Bertz CT molecular complexity index is 875. The third-order valence-corrected chi connectivity index (χ3v) is 3.78. The number of amides is 1. The van der Waals surface area contributed by atoms with Crippen LogP contribution < -0.4 is 20.3 Å². The van der Waals surface area contributed by atoms with E-state index in [2.05, 4.69) is 10.3 Å². The van der Waals surface area contributed by atoms with E-state index in [0.29, 0.717) is 22.8 Å². The first kappa shape index (κ1) is 18.7. The van der Waals surface area contributed by atoms with Crippen molar-refractivity contribution in [1.82, 2.24) is 14.9 Å². The molecule has 1 amide bonds. The number of hydrogen-bond donors (Lipinski definition) is 3. The van der Waals surface area contributed by atoms with Crippen molar-refractivity contribution >= 4 is 18.1 Å². The van der Waals surface area contributed by atoms with Gasteiger partial charge in [-0.1, -0.05) is 0 Å². The van der Waals surface area contributed by atoms with Crippen molar-refractivity contribution in [3.8, 4) is 22.8 Å². The summed E-state index contributed by atoms with van der Waals surface area (Å²) in [5, 5.41) is 11.4. The lowest BCUT2D eigenvalue weighted by Crippen LogP contribution is -2.31. The van der Waals surface area contributed by atoms with Gasteiger partial charge in [-0.15, -0.1) is 0 Å². The number of rotatable bonds is 7. The van der Waals surface area contributed by atoms with E-state index in [1.54, 1.807) is 18.2 Å². The lowest BCUT2D eigenvalue weighted by molar-refractivity contribution is -0.121. The van der Waals surface area contributed by atoms with Crippen LogP contribution >= 0.6 is 12.2 Å². The Balaban J connectivity index is 2.55. The molecule has 0 spiro atoms. The van der Waals surface area contributed by atoms with Gasteiger partial charge in [0.1, 0.15) is 18.0 Å². The number of aromatic amines is 1. The van der Waals surface area contributed by atoms with Gasteiger partial charge in [0.05, 0.1) is 26.5 Å². The van der Waals surface area contributed by atoms with Crippen LogP contribution in [-0.4, -0.2) is 47.9 Å². The first-order valence-electron chi connectivity index (χ1n) is 7.44. The molecule has 8 nitrogen and oxygen atoms in total. The number of carbonyl (C=O) groups is 1. The number of ether oxygens (including phenoxy) is 2. The molecule has 0 saturated carbocycles. The van der Waals surface area contributed by atoms with Crippen molar-refractivity contribution < 1.29 is 19.4 Å². The van der Waals surface area contributed by atoms with E-state index >= 15 is 0 Å². The lowest BCUT2D eigenvalue weighted by atomic mass is 10.1. The fourth-order valence-corrected chi connectivity index (χ4v) is 2.57. The van der Waals surface area contributed by atoms with Gasteiger partial charge < -0.3 is 24.5 Å². The highest BCUT2D eigenvalue weighted by molar-refractivity contribution is 7.71. The molecular formula is C16H19N3O5S. The molecule has 3 N–H and O–H groups in total. The van der Waals surface area contributed by atoms with Crippen molar-refractivity contribution in [2.24, 2.45) is 0 Å². The Morgan fingerprint density at radius 2 is 2.08 bits per heavy atom. The Labute approximate surface area is 149 Å². The third kappa shape index (κ3) is 4.46. The molecule has 1 aromatic carbocycles. The molecule has 0 aliphatic rings. The highest BCUT2D eigenvalue weighted by atomic mass is 32.1. The molecule has 1 heterocycles. The predicted octanol–water partition coefficient (Wildman–Crippen LogP) is 0.699. The highest BCUT2D eigenvalue weighted by Crippen LogP contribution is 2.32. The summed E-state index contributed by atoms with van der Waals surface area (Å²) in [6.45, 7) is -0.140. The first-order chi connectivity index (χ1) is 12.0. The molecule has 25 heavy (non-hydrogen) atoms. The van der Waals surface area contributed by atoms with E-state index in [1.807, 2.05) is 0 Å². The Hall–Kier alpha value is -2.65. The molecule has 0 aliphatic heterocycles. The summed E-state index contributed by atoms with van der Waals surface area (Å²) in [7, 11) is 3.03. The molecule has 2 aromatic rings. The largest absolute Gasteiger partial charge is 0.497 e. The average Bonchev–Trinajstić information content (AvgIpc) is 2.61. The Morgan fingerprint density at radius 1 is 1.32 bits per heavy atom. The zero-order chi connectivity index (χ0) is 18.4. The minimum atomic E-state index is -0.384. The number of methoxy groups -OCH3 is 2. The minimum Gasteiger partial charge on any atom is -0.497 e. The molecule has 134 valence electrons. The van der Waals surface area contributed by atoms with Gasteiger partial charge in [0.15, 0.2) is 4.77 Å². The molecule has 0 aliphatic carbocycles. The van der Waals surface area contributed by atoms with E-state index in [-0.39, 0.29) is 35.9 Å². The molecule has 0 radical (unpaired) electrons. The second-order valence-corrected chi connectivity index (χ2v) is 5.44. The highest BCUT2D eigenvalue weighted by Gasteiger charge is 2.15. The van der Waals surface area contributed by atoms with Crippen LogP contribution in [0, 0.1) is 4.77 Å². The molecule has 1 aromatic heterocycles. The minimum absolute atomic E-state index is 0.111. The maximum absolute atomic E-state index is 12.0. The van der Waals surface area contributed by atoms with Gasteiger partial charge in [-0.05, 0) is 24.4 Å². The van der Waals surface area contributed by atoms with Crippen molar-refractivity contribution in [2.75, 3.05) is 27.4 Å². The second-order valence-electron chi connectivity index (χ2n) is 5.05. The monoisotopic (exact) mass is 365 g/mol. The van der Waals surface area contributed by atoms with Crippen molar-refractivity contribution in [1.29, 1.82) is 0 Å². The van der Waals surface area contributed by atoms with Gasteiger partial charge in [0.2, 0.25) is 5.91 Å². The van der Waals surface area contributed by atoms with Gasteiger partial charge in [-0.3, -0.25) is 14.6 Å². The first-order valence-corrected chi connectivity index (χ1v) is 7.85. The number of H-pyrrole nitrogens is 1. The summed E-state index contributed by atoms with van der Waals surface area (Å²) < 4.78 is 12.1. The normalized spacial score (nSPS) is 10.4. The molecule has 0 atom stereocenters. The number of aliphatic hydroxyl groups is 1. The van der Waals surface area contributed by atoms with Gasteiger partial charge >= 0.3 is 0 Å². The number of carbonyl (C=O) groups excluding carboxylic acids is 1. The maximum Gasteiger partial charge on any atom is 0.252 e. The number of hydrogen-bond acceptors (Lipinski definition) is 6. The Kier molecular flexibility index (Phi) is 6.31. The van der Waals surface area contributed by atoms with Crippen LogP contribution in [0.1, 0.15) is 0 Å². The van der Waals surface area contributed by atoms with E-state index in [4.69, 9.17) is 26.8 Å². The van der Waals surface area contributed by atoms with Crippen LogP contribution in [0.3, 0.4) is 0 Å². The summed E-state index contributed by atoms with van der Waals surface area (Å²) in [4.78, 5) is 26.4. The zero-order valence-corrected chi connectivity index (χ0v) is 14.7. The maximum atomic E-state index is 12.0. The molecule has 9 heteroatoms. The van der Waals surface area contributed by atoms with Crippen LogP contribution in [-0.2, 0) is 11.3 Å². The molecule has 2 rings (SSSR count). The summed E-state index contributed by atoms with van der Waals surface area (Å²) >= 11 is 5.20. The van der Waals surface area contributed by atoms with Crippen molar-refractivity contribution in [3.63, 3.8) is 0 Å². The van der Waals surface area contributed by atoms with Crippen LogP contribution in [0.2, 0.25) is 0 Å². The number of aliphatic hydroxyl groups excluding tert-OH is 1. The van der Waals surface area contributed by atoms with Crippen LogP contribution in [0.25, 0.3) is 11.3 Å². The number of aromatic nitrogens is 2. The Morgan fingerprint density at radius 3 is 2.72 bits per heavy atom. The molecule has 0 saturated heterocycles. The lowest BCUT2D eigenvalue weighted by Gasteiger charge is -2.16. The third-order valence-electron chi connectivity index (χ3n) is 3.45. The summed E-state index contributed by atoms with van der Waals surface area (Å²) in [5.74, 6) is 0.728. The van der Waals surface area contributed by atoms with Crippen LogP contribution in [0.5, 0.6) is 11.5 Å². The van der Waals surface area contributed by atoms with Crippen molar-refractivity contribution in [3.05, 3.63) is 39.4 Å². The SMILES string of the molecule is COc1ccc(-c2cc(=O)[nH]c(=S)n2CC(=O)NCCO)c(OC)c1. The van der Waals surface area contributed by atoms with Gasteiger partial charge in [-0.25, -0.2) is 0 Å². The number of nitrogens with one attached hydrogen (secondary N) is 2. The predicted molar refractivity (Wildman–Crippen MR) is 94.5 cm³/mol. The standard InChI is InChI=1S/C16H19N3O5S/c1-23-10-3-4-11(13(7-10)24-2)12-8-14(21)18-16(25)19(12)9-15(22)17-5-6-20/h3-4,7-8,20H,5-6,9H2,1-2H3,(H,17,22)(H,18,21,25). The summed E-state index contributed by atoms with van der Waals surface area (Å²) in [6, 6.07) is 6.47.